The zero-order chi connectivity index (χ0) is 17.5. The largest absolute Gasteiger partial charge is 0.371 e. The van der Waals surface area contributed by atoms with Crippen LogP contribution in [0.25, 0.3) is 0 Å². The monoisotopic (exact) mass is 355 g/mol. The molecule has 1 aromatic heterocycles. The Kier molecular flexibility index (Phi) is 6.34. The first kappa shape index (κ1) is 17.8. The zero-order valence-electron chi connectivity index (χ0n) is 14.6. The number of hydrogen-bond donors (Lipinski definition) is 1. The van der Waals surface area contributed by atoms with Crippen LogP contribution >= 0.6 is 11.8 Å². The lowest BCUT2D eigenvalue weighted by atomic mass is 9.96. The highest BCUT2D eigenvalue weighted by molar-refractivity contribution is 7.99. The van der Waals surface area contributed by atoms with Gasteiger partial charge in [0.15, 0.2) is 0 Å². The Morgan fingerprint density at radius 1 is 1.20 bits per heavy atom. The first-order chi connectivity index (χ1) is 12.3. The van der Waals surface area contributed by atoms with Crippen molar-refractivity contribution in [2.24, 2.45) is 5.92 Å². The Morgan fingerprint density at radius 2 is 1.92 bits per heavy atom. The molecule has 1 fully saturated rings. The highest BCUT2D eigenvalue weighted by atomic mass is 32.2. The van der Waals surface area contributed by atoms with Crippen LogP contribution in [0, 0.1) is 5.92 Å². The van der Waals surface area contributed by atoms with Crippen molar-refractivity contribution in [2.45, 2.75) is 24.7 Å². The maximum atomic E-state index is 12.5. The number of rotatable bonds is 6. The molecule has 1 aliphatic rings. The van der Waals surface area contributed by atoms with Crippen LogP contribution < -0.4 is 10.2 Å². The standard InChI is InChI=1S/C20H25N3OS/c1-2-25-19-6-4-3-5-18(19)20(24)22-15-16-9-13-23(14-10-16)17-7-11-21-12-8-17/h3-8,11-12,16H,2,9-10,13-15H2,1H3,(H,22,24). The summed E-state index contributed by atoms with van der Waals surface area (Å²) in [5.74, 6) is 1.57. The number of aromatic nitrogens is 1. The fourth-order valence-electron chi connectivity index (χ4n) is 3.22. The number of benzene rings is 1. The van der Waals surface area contributed by atoms with Crippen LogP contribution in [0.5, 0.6) is 0 Å². The van der Waals surface area contributed by atoms with E-state index in [-0.39, 0.29) is 5.91 Å². The smallest absolute Gasteiger partial charge is 0.252 e. The second kappa shape index (κ2) is 8.90. The van der Waals surface area contributed by atoms with Crippen LogP contribution in [0.3, 0.4) is 0 Å². The van der Waals surface area contributed by atoms with Crippen molar-refractivity contribution in [3.8, 4) is 0 Å². The maximum absolute atomic E-state index is 12.5. The normalized spacial score (nSPS) is 15.2. The van der Waals surface area contributed by atoms with Gasteiger partial charge in [0.05, 0.1) is 5.56 Å². The number of carbonyl (C=O) groups excluding carboxylic acids is 1. The minimum atomic E-state index is 0.0492. The third-order valence-electron chi connectivity index (χ3n) is 4.63. The van der Waals surface area contributed by atoms with Gasteiger partial charge < -0.3 is 10.2 Å². The molecule has 4 nitrogen and oxygen atoms in total. The van der Waals surface area contributed by atoms with E-state index in [2.05, 4.69) is 34.3 Å². The van der Waals surface area contributed by atoms with Crippen molar-refractivity contribution in [2.75, 3.05) is 30.3 Å². The van der Waals surface area contributed by atoms with Crippen LogP contribution in [0.15, 0.2) is 53.7 Å². The summed E-state index contributed by atoms with van der Waals surface area (Å²) >= 11 is 1.72. The van der Waals surface area contributed by atoms with E-state index in [1.54, 1.807) is 11.8 Å². The molecule has 1 aliphatic heterocycles. The summed E-state index contributed by atoms with van der Waals surface area (Å²) in [4.78, 5) is 20.1. The van der Waals surface area contributed by atoms with E-state index in [1.807, 2.05) is 36.7 Å². The molecule has 0 radical (unpaired) electrons. The quantitative estimate of drug-likeness (QED) is 0.800. The Labute approximate surface area is 154 Å². The van der Waals surface area contributed by atoms with Crippen molar-refractivity contribution in [3.05, 3.63) is 54.4 Å². The Bertz CT molecular complexity index is 684. The summed E-state index contributed by atoms with van der Waals surface area (Å²) < 4.78 is 0. The SMILES string of the molecule is CCSc1ccccc1C(=O)NCC1CCN(c2ccncc2)CC1. The van der Waals surface area contributed by atoms with Gasteiger partial charge in [-0.1, -0.05) is 19.1 Å². The molecule has 0 atom stereocenters. The van der Waals surface area contributed by atoms with E-state index in [0.29, 0.717) is 5.92 Å². The van der Waals surface area contributed by atoms with Crippen LogP contribution in [-0.2, 0) is 0 Å². The third-order valence-corrected chi connectivity index (χ3v) is 5.58. The predicted octanol–water partition coefficient (Wildman–Crippen LogP) is 3.84. The Morgan fingerprint density at radius 3 is 2.64 bits per heavy atom. The summed E-state index contributed by atoms with van der Waals surface area (Å²) in [6.45, 7) is 4.93. The molecule has 1 amide bonds. The third kappa shape index (κ3) is 4.75. The summed E-state index contributed by atoms with van der Waals surface area (Å²) in [7, 11) is 0. The molecule has 1 N–H and O–H groups in total. The van der Waals surface area contributed by atoms with Gasteiger partial charge in [-0.15, -0.1) is 11.8 Å². The minimum Gasteiger partial charge on any atom is -0.371 e. The number of carbonyl (C=O) groups is 1. The van der Waals surface area contributed by atoms with Gasteiger partial charge in [-0.2, -0.15) is 0 Å². The molecule has 132 valence electrons. The molecule has 0 saturated carbocycles. The molecule has 3 rings (SSSR count). The average molecular weight is 356 g/mol. The molecule has 5 heteroatoms. The Balaban J connectivity index is 1.49. The van der Waals surface area contributed by atoms with E-state index in [1.165, 1.54) is 5.69 Å². The number of hydrogen-bond acceptors (Lipinski definition) is 4. The molecular formula is C20H25N3OS. The first-order valence-electron chi connectivity index (χ1n) is 8.93. The molecule has 2 heterocycles. The summed E-state index contributed by atoms with van der Waals surface area (Å²) in [6.07, 6.45) is 5.89. The highest BCUT2D eigenvalue weighted by Gasteiger charge is 2.20. The molecule has 1 aromatic carbocycles. The lowest BCUT2D eigenvalue weighted by Gasteiger charge is -2.33. The Hall–Kier alpha value is -2.01. The number of pyridine rings is 1. The molecule has 0 spiro atoms. The van der Waals surface area contributed by atoms with Crippen LogP contribution in [0.2, 0.25) is 0 Å². The number of thioether (sulfide) groups is 1. The van der Waals surface area contributed by atoms with E-state index in [9.17, 15) is 4.79 Å². The molecule has 1 saturated heterocycles. The van der Waals surface area contributed by atoms with Crippen molar-refractivity contribution in [3.63, 3.8) is 0 Å². The predicted molar refractivity (Wildman–Crippen MR) is 104 cm³/mol. The molecular weight excluding hydrogens is 330 g/mol. The van der Waals surface area contributed by atoms with E-state index < -0.39 is 0 Å². The first-order valence-corrected chi connectivity index (χ1v) is 9.91. The van der Waals surface area contributed by atoms with Gasteiger partial charge in [-0.05, 0) is 48.8 Å². The number of amides is 1. The fraction of sp³-hybridized carbons (Fsp3) is 0.400. The molecule has 0 aliphatic carbocycles. The number of piperidine rings is 1. The van der Waals surface area contributed by atoms with Crippen molar-refractivity contribution in [1.82, 2.24) is 10.3 Å². The summed E-state index contributed by atoms with van der Waals surface area (Å²) in [6, 6.07) is 12.0. The lowest BCUT2D eigenvalue weighted by Crippen LogP contribution is -2.38. The van der Waals surface area contributed by atoms with Gasteiger partial charge in [-0.25, -0.2) is 0 Å². The van der Waals surface area contributed by atoms with Gasteiger partial charge in [0.2, 0.25) is 0 Å². The number of nitrogens with zero attached hydrogens (tertiary/aromatic N) is 2. The number of nitrogens with one attached hydrogen (secondary N) is 1. The van der Waals surface area contributed by atoms with Crippen LogP contribution in [0.4, 0.5) is 5.69 Å². The van der Waals surface area contributed by atoms with E-state index >= 15 is 0 Å². The van der Waals surface area contributed by atoms with E-state index in [4.69, 9.17) is 0 Å². The fourth-order valence-corrected chi connectivity index (χ4v) is 4.02. The maximum Gasteiger partial charge on any atom is 0.252 e. The van der Waals surface area contributed by atoms with Crippen LogP contribution in [-0.4, -0.2) is 36.3 Å². The molecule has 2 aromatic rings. The number of anilines is 1. The lowest BCUT2D eigenvalue weighted by molar-refractivity contribution is 0.0942. The van der Waals surface area contributed by atoms with Crippen molar-refractivity contribution < 1.29 is 4.79 Å². The minimum absolute atomic E-state index is 0.0492. The molecule has 0 bridgehead atoms. The van der Waals surface area contributed by atoms with Gasteiger partial charge in [0.1, 0.15) is 0 Å². The second-order valence-electron chi connectivity index (χ2n) is 6.28. The molecule has 0 unspecified atom stereocenters. The second-order valence-corrected chi connectivity index (χ2v) is 7.58. The van der Waals surface area contributed by atoms with Crippen molar-refractivity contribution >= 4 is 23.4 Å². The van der Waals surface area contributed by atoms with Crippen molar-refractivity contribution in [1.29, 1.82) is 0 Å². The van der Waals surface area contributed by atoms with Gasteiger partial charge >= 0.3 is 0 Å². The summed E-state index contributed by atoms with van der Waals surface area (Å²) in [5.41, 5.74) is 2.03. The topological polar surface area (TPSA) is 45.2 Å². The van der Waals surface area contributed by atoms with Gasteiger partial charge in [0.25, 0.3) is 5.91 Å². The van der Waals surface area contributed by atoms with E-state index in [0.717, 1.165) is 48.7 Å². The highest BCUT2D eigenvalue weighted by Crippen LogP contribution is 2.24. The van der Waals surface area contributed by atoms with Gasteiger partial charge in [-0.3, -0.25) is 9.78 Å². The van der Waals surface area contributed by atoms with Gasteiger partial charge in [0, 0.05) is 42.6 Å². The molecule has 25 heavy (non-hydrogen) atoms. The zero-order valence-corrected chi connectivity index (χ0v) is 15.5. The summed E-state index contributed by atoms with van der Waals surface area (Å²) in [5, 5.41) is 3.14. The average Bonchev–Trinajstić information content (AvgIpc) is 2.68. The van der Waals surface area contributed by atoms with Crippen LogP contribution in [0.1, 0.15) is 30.1 Å².